The molecule has 0 unspecified atom stereocenters. The Morgan fingerprint density at radius 3 is 2.86 bits per heavy atom. The molecule has 1 N–H and O–H groups in total. The van der Waals surface area contributed by atoms with E-state index in [2.05, 4.69) is 16.9 Å². The van der Waals surface area contributed by atoms with E-state index in [4.69, 9.17) is 4.74 Å². The highest BCUT2D eigenvalue weighted by atomic mass is 19.2. The van der Waals surface area contributed by atoms with Crippen molar-refractivity contribution < 1.29 is 13.5 Å². The fraction of sp³-hybridized carbons (Fsp3) is 0.318. The lowest BCUT2D eigenvalue weighted by Gasteiger charge is -2.39. The van der Waals surface area contributed by atoms with Crippen molar-refractivity contribution in [3.63, 3.8) is 0 Å². The van der Waals surface area contributed by atoms with Gasteiger partial charge in [-0.15, -0.1) is 0 Å². The van der Waals surface area contributed by atoms with E-state index < -0.39 is 23.3 Å². The van der Waals surface area contributed by atoms with Crippen LogP contribution in [0.3, 0.4) is 0 Å². The second-order valence-corrected chi connectivity index (χ2v) is 7.42. The molecule has 6 heteroatoms. The number of benzene rings is 2. The summed E-state index contributed by atoms with van der Waals surface area (Å²) in [5.41, 5.74) is 1.85. The Balaban J connectivity index is 1.73. The first kappa shape index (κ1) is 18.5. The Morgan fingerprint density at radius 2 is 2.04 bits per heavy atom. The normalized spacial score (nSPS) is 23.6. The Labute approximate surface area is 163 Å². The number of amidine groups is 1. The molecule has 2 aliphatic rings. The van der Waals surface area contributed by atoms with E-state index in [0.29, 0.717) is 25.7 Å². The SMILES string of the molecule is C=CNC[C@]1(C)CN=C(N2CCc3ccccc3[C@H]2c2cccc(F)c2F)O1. The van der Waals surface area contributed by atoms with Crippen molar-refractivity contribution in [2.75, 3.05) is 19.6 Å². The van der Waals surface area contributed by atoms with Gasteiger partial charge in [0, 0.05) is 12.1 Å². The van der Waals surface area contributed by atoms with Crippen LogP contribution in [0.5, 0.6) is 0 Å². The smallest absolute Gasteiger partial charge is 0.288 e. The van der Waals surface area contributed by atoms with Crippen LogP contribution in [0.15, 0.2) is 60.2 Å². The molecule has 2 atom stereocenters. The number of nitrogens with one attached hydrogen (secondary N) is 1. The summed E-state index contributed by atoms with van der Waals surface area (Å²) in [4.78, 5) is 6.54. The predicted molar refractivity (Wildman–Crippen MR) is 105 cm³/mol. The number of rotatable bonds is 4. The molecule has 146 valence electrons. The van der Waals surface area contributed by atoms with Gasteiger partial charge < -0.3 is 15.0 Å². The number of hydrogen-bond acceptors (Lipinski definition) is 4. The van der Waals surface area contributed by atoms with Gasteiger partial charge in [0.25, 0.3) is 6.02 Å². The molecule has 2 heterocycles. The second-order valence-electron chi connectivity index (χ2n) is 7.42. The monoisotopic (exact) mass is 383 g/mol. The summed E-state index contributed by atoms with van der Waals surface area (Å²) in [6.07, 6.45) is 2.41. The van der Waals surface area contributed by atoms with E-state index in [1.54, 1.807) is 18.3 Å². The average molecular weight is 383 g/mol. The van der Waals surface area contributed by atoms with Crippen molar-refractivity contribution >= 4 is 6.02 Å². The number of aliphatic imine (C=N–C) groups is 1. The fourth-order valence-corrected chi connectivity index (χ4v) is 3.89. The summed E-state index contributed by atoms with van der Waals surface area (Å²) >= 11 is 0. The van der Waals surface area contributed by atoms with Crippen molar-refractivity contribution in [1.82, 2.24) is 10.2 Å². The standard InChI is InChI=1S/C22H23F2N3O/c1-3-25-13-22(2)14-26-21(28-22)27-12-11-15-7-4-5-8-16(15)20(27)17-9-6-10-18(23)19(17)24/h3-10,20,25H,1,11-14H2,2H3/t20-,22+/m0/s1. The molecule has 4 rings (SSSR count). The van der Waals surface area contributed by atoms with E-state index in [9.17, 15) is 8.78 Å². The molecule has 0 aliphatic carbocycles. The number of ether oxygens (including phenoxy) is 1. The summed E-state index contributed by atoms with van der Waals surface area (Å²) in [6.45, 7) is 7.29. The summed E-state index contributed by atoms with van der Waals surface area (Å²) < 4.78 is 34.9. The zero-order chi connectivity index (χ0) is 19.7. The molecule has 2 aromatic rings. The molecule has 0 bridgehead atoms. The maximum Gasteiger partial charge on any atom is 0.288 e. The topological polar surface area (TPSA) is 36.9 Å². The predicted octanol–water partition coefficient (Wildman–Crippen LogP) is 3.79. The highest BCUT2D eigenvalue weighted by molar-refractivity contribution is 5.77. The maximum absolute atomic E-state index is 14.8. The van der Waals surface area contributed by atoms with Crippen LogP contribution in [-0.2, 0) is 11.2 Å². The van der Waals surface area contributed by atoms with Crippen LogP contribution in [-0.4, -0.2) is 36.2 Å². The van der Waals surface area contributed by atoms with Gasteiger partial charge in [-0.05, 0) is 36.7 Å². The molecule has 2 aliphatic heterocycles. The lowest BCUT2D eigenvalue weighted by Crippen LogP contribution is -2.45. The van der Waals surface area contributed by atoms with Crippen LogP contribution in [0, 0.1) is 11.6 Å². The van der Waals surface area contributed by atoms with E-state index in [0.717, 1.165) is 23.6 Å². The Kier molecular flexibility index (Phi) is 4.79. The highest BCUT2D eigenvalue weighted by Crippen LogP contribution is 2.38. The first-order chi connectivity index (χ1) is 13.5. The van der Waals surface area contributed by atoms with Crippen LogP contribution in [0.4, 0.5) is 8.78 Å². The minimum atomic E-state index is -0.852. The van der Waals surface area contributed by atoms with Crippen LogP contribution in [0.1, 0.15) is 29.7 Å². The van der Waals surface area contributed by atoms with Crippen LogP contribution >= 0.6 is 0 Å². The van der Waals surface area contributed by atoms with Gasteiger partial charge in [-0.1, -0.05) is 43.0 Å². The average Bonchev–Trinajstić information content (AvgIpc) is 3.10. The molecule has 2 aromatic carbocycles. The molecule has 0 spiro atoms. The minimum absolute atomic E-state index is 0.288. The number of fused-ring (bicyclic) bond motifs is 1. The quantitative estimate of drug-likeness (QED) is 0.873. The maximum atomic E-state index is 14.8. The molecule has 4 nitrogen and oxygen atoms in total. The molecule has 0 saturated carbocycles. The lowest BCUT2D eigenvalue weighted by atomic mass is 9.88. The first-order valence-electron chi connectivity index (χ1n) is 9.38. The number of halogens is 2. The molecular formula is C22H23F2N3O. The van der Waals surface area contributed by atoms with Gasteiger partial charge >= 0.3 is 0 Å². The fourth-order valence-electron chi connectivity index (χ4n) is 3.89. The molecular weight excluding hydrogens is 360 g/mol. The largest absolute Gasteiger partial charge is 0.455 e. The molecule has 0 radical (unpaired) electrons. The van der Waals surface area contributed by atoms with Crippen molar-refractivity contribution in [2.24, 2.45) is 4.99 Å². The van der Waals surface area contributed by atoms with Crippen LogP contribution < -0.4 is 5.32 Å². The zero-order valence-corrected chi connectivity index (χ0v) is 15.8. The van der Waals surface area contributed by atoms with E-state index in [1.807, 2.05) is 36.1 Å². The van der Waals surface area contributed by atoms with E-state index >= 15 is 0 Å². The summed E-state index contributed by atoms with van der Waals surface area (Å²) in [5, 5.41) is 3.07. The third-order valence-electron chi connectivity index (χ3n) is 5.31. The summed E-state index contributed by atoms with van der Waals surface area (Å²) in [6, 6.07) is 12.2. The van der Waals surface area contributed by atoms with Gasteiger partial charge in [0.1, 0.15) is 5.60 Å². The van der Waals surface area contributed by atoms with Gasteiger partial charge in [-0.25, -0.2) is 13.8 Å². The van der Waals surface area contributed by atoms with Gasteiger partial charge in [-0.2, -0.15) is 0 Å². The highest BCUT2D eigenvalue weighted by Gasteiger charge is 2.40. The van der Waals surface area contributed by atoms with Crippen LogP contribution in [0.25, 0.3) is 0 Å². The Hall–Kier alpha value is -2.89. The molecule has 0 amide bonds. The van der Waals surface area contributed by atoms with Crippen LogP contribution in [0.2, 0.25) is 0 Å². The van der Waals surface area contributed by atoms with Crippen molar-refractivity contribution in [1.29, 1.82) is 0 Å². The van der Waals surface area contributed by atoms with Gasteiger partial charge in [-0.3, -0.25) is 0 Å². The van der Waals surface area contributed by atoms with E-state index in [-0.39, 0.29) is 5.56 Å². The minimum Gasteiger partial charge on any atom is -0.455 e. The van der Waals surface area contributed by atoms with Crippen molar-refractivity contribution in [3.8, 4) is 0 Å². The summed E-state index contributed by atoms with van der Waals surface area (Å²) in [7, 11) is 0. The molecule has 0 aromatic heterocycles. The molecule has 28 heavy (non-hydrogen) atoms. The Bertz CT molecular complexity index is 930. The zero-order valence-electron chi connectivity index (χ0n) is 15.8. The van der Waals surface area contributed by atoms with Gasteiger partial charge in [0.15, 0.2) is 11.6 Å². The van der Waals surface area contributed by atoms with Crippen molar-refractivity contribution in [2.45, 2.75) is 25.0 Å². The number of hydrogen-bond donors (Lipinski definition) is 1. The third-order valence-corrected chi connectivity index (χ3v) is 5.31. The van der Waals surface area contributed by atoms with Gasteiger partial charge in [0.05, 0.1) is 19.1 Å². The summed E-state index contributed by atoms with van der Waals surface area (Å²) in [5.74, 6) is -1.68. The van der Waals surface area contributed by atoms with Crippen molar-refractivity contribution in [3.05, 3.63) is 83.6 Å². The lowest BCUT2D eigenvalue weighted by molar-refractivity contribution is 0.0823. The molecule has 0 saturated heterocycles. The number of nitrogens with zero attached hydrogens (tertiary/aromatic N) is 2. The Morgan fingerprint density at radius 1 is 1.25 bits per heavy atom. The third kappa shape index (κ3) is 3.23. The molecule has 0 fully saturated rings. The van der Waals surface area contributed by atoms with Gasteiger partial charge in [0.2, 0.25) is 0 Å². The first-order valence-corrected chi connectivity index (χ1v) is 9.38. The second kappa shape index (κ2) is 7.26. The van der Waals surface area contributed by atoms with E-state index in [1.165, 1.54) is 0 Å².